The minimum Gasteiger partial charge on any atom is -0.493 e. The molecule has 1 aromatic heterocycles. The summed E-state index contributed by atoms with van der Waals surface area (Å²) in [6, 6.07) is 14.7. The second-order valence-corrected chi connectivity index (χ2v) is 9.76. The lowest BCUT2D eigenvalue weighted by Gasteiger charge is -2.35. The Balaban J connectivity index is 1.35. The summed E-state index contributed by atoms with van der Waals surface area (Å²) in [7, 11) is 1.63. The van der Waals surface area contributed by atoms with Crippen molar-refractivity contribution >= 4 is 23.6 Å². The summed E-state index contributed by atoms with van der Waals surface area (Å²) < 4.78 is 18.0. The van der Waals surface area contributed by atoms with Crippen LogP contribution in [-0.2, 0) is 16.1 Å². The lowest BCUT2D eigenvalue weighted by molar-refractivity contribution is -0.139. The van der Waals surface area contributed by atoms with Crippen molar-refractivity contribution in [3.63, 3.8) is 0 Å². The van der Waals surface area contributed by atoms with Gasteiger partial charge in [0.2, 0.25) is 12.1 Å². The summed E-state index contributed by atoms with van der Waals surface area (Å²) in [5.74, 6) is 1.06. The fourth-order valence-corrected chi connectivity index (χ4v) is 4.92. The second kappa shape index (κ2) is 12.7. The fourth-order valence-electron chi connectivity index (χ4n) is 4.92. The molecule has 0 saturated heterocycles. The average molecular weight is 544 g/mol. The minimum atomic E-state index is -0.823. The van der Waals surface area contributed by atoms with E-state index in [1.165, 1.54) is 25.2 Å². The van der Waals surface area contributed by atoms with E-state index in [1.54, 1.807) is 30.3 Å². The molecule has 5 rings (SSSR count). The van der Waals surface area contributed by atoms with Gasteiger partial charge in [0, 0.05) is 23.6 Å². The van der Waals surface area contributed by atoms with E-state index in [0.29, 0.717) is 30.2 Å². The molecule has 1 amide bonds. The number of nitrogens with one attached hydrogen (secondary N) is 1. The first-order valence-electron chi connectivity index (χ1n) is 13.6. The number of aromatic nitrogens is 2. The highest BCUT2D eigenvalue weighted by Crippen LogP contribution is 2.34. The number of rotatable bonds is 10. The number of carbonyl (C=O) groups is 2. The van der Waals surface area contributed by atoms with Crippen molar-refractivity contribution in [2.24, 2.45) is 5.10 Å². The first kappa shape index (κ1) is 27.3. The number of ether oxygens (including phenoxy) is 3. The van der Waals surface area contributed by atoms with Gasteiger partial charge < -0.3 is 19.5 Å². The number of anilines is 1. The zero-order valence-electron chi connectivity index (χ0n) is 22.7. The third-order valence-electron chi connectivity index (χ3n) is 7.01. The maximum Gasteiger partial charge on any atom is 0.293 e. The van der Waals surface area contributed by atoms with Gasteiger partial charge in [-0.3, -0.25) is 14.6 Å². The highest BCUT2D eigenvalue weighted by Gasteiger charge is 2.32. The Bertz CT molecular complexity index is 1340. The van der Waals surface area contributed by atoms with Gasteiger partial charge in [-0.05, 0) is 74.1 Å². The number of hydrazone groups is 1. The summed E-state index contributed by atoms with van der Waals surface area (Å²) in [4.78, 5) is 32.3. The molecule has 0 spiro atoms. The first-order valence-corrected chi connectivity index (χ1v) is 13.6. The highest BCUT2D eigenvalue weighted by atomic mass is 16.5. The van der Waals surface area contributed by atoms with Crippen LogP contribution in [0.25, 0.3) is 0 Å². The van der Waals surface area contributed by atoms with E-state index < -0.39 is 12.1 Å². The van der Waals surface area contributed by atoms with Gasteiger partial charge >= 0.3 is 0 Å². The van der Waals surface area contributed by atoms with Crippen LogP contribution in [0.3, 0.4) is 0 Å². The zero-order valence-corrected chi connectivity index (χ0v) is 22.7. The molecule has 2 unspecified atom stereocenters. The van der Waals surface area contributed by atoms with Crippen LogP contribution in [0.15, 0.2) is 66.0 Å². The normalized spacial score (nSPS) is 19.1. The number of hydrogen-bond acceptors (Lipinski definition) is 9. The van der Waals surface area contributed by atoms with E-state index >= 15 is 0 Å². The Morgan fingerprint density at radius 3 is 2.52 bits per heavy atom. The molecule has 2 atom stereocenters. The molecule has 1 aliphatic heterocycles. The number of aldehydes is 1. The molecule has 2 heterocycles. The summed E-state index contributed by atoms with van der Waals surface area (Å²) >= 11 is 0. The third kappa shape index (κ3) is 6.28. The van der Waals surface area contributed by atoms with Gasteiger partial charge in [-0.25, -0.2) is 9.97 Å². The monoisotopic (exact) mass is 543 g/mol. The maximum atomic E-state index is 12.4. The van der Waals surface area contributed by atoms with Crippen molar-refractivity contribution in [3.05, 3.63) is 77.9 Å². The molecular formula is C30H33N5O5. The van der Waals surface area contributed by atoms with Crippen molar-refractivity contribution in [3.8, 4) is 11.5 Å². The molecule has 3 aromatic rings. The quantitative estimate of drug-likeness (QED) is 0.369. The van der Waals surface area contributed by atoms with Crippen LogP contribution in [0, 0.1) is 0 Å². The lowest BCUT2D eigenvalue weighted by atomic mass is 10.0. The Morgan fingerprint density at radius 2 is 1.85 bits per heavy atom. The number of methoxy groups -OCH3 is 1. The summed E-state index contributed by atoms with van der Waals surface area (Å²) in [5.41, 5.74) is 3.08. The summed E-state index contributed by atoms with van der Waals surface area (Å²) in [6.45, 7) is 2.34. The number of nitrogens with zero attached hydrogens (tertiary/aromatic N) is 4. The van der Waals surface area contributed by atoms with E-state index in [1.807, 2.05) is 37.3 Å². The standard InChI is InChI=1S/C30H33N5O5/c1-3-24-28(21-11-14-25(38-2)26(17-21)39-23-7-4-5-8-23)34-35(27(19-36)40-24)18-20-9-12-22(13-10-20)33-30(37)29-31-15-6-16-32-29/h6,9-17,19,23-24,27H,3-5,7-8,18H2,1-2H3,(H,33,37). The van der Waals surface area contributed by atoms with Gasteiger partial charge in [-0.2, -0.15) is 5.10 Å². The number of hydrogen-bond donors (Lipinski definition) is 1. The van der Waals surface area contributed by atoms with Crippen molar-refractivity contribution in [2.75, 3.05) is 12.4 Å². The Hall–Kier alpha value is -4.31. The Morgan fingerprint density at radius 1 is 1.10 bits per heavy atom. The molecule has 10 nitrogen and oxygen atoms in total. The molecule has 0 bridgehead atoms. The predicted octanol–water partition coefficient (Wildman–Crippen LogP) is 4.60. The number of carbonyl (C=O) groups excluding carboxylic acids is 2. The van der Waals surface area contributed by atoms with Gasteiger partial charge in [0.15, 0.2) is 17.8 Å². The van der Waals surface area contributed by atoms with Crippen molar-refractivity contribution in [1.82, 2.24) is 15.0 Å². The van der Waals surface area contributed by atoms with Crippen LogP contribution in [0.5, 0.6) is 11.5 Å². The SMILES string of the molecule is CCC1OC(C=O)N(Cc2ccc(NC(=O)c3ncccn3)cc2)N=C1c1ccc(OC)c(OC2CCCC2)c1. The average Bonchev–Trinajstić information content (AvgIpc) is 3.51. The molecular weight excluding hydrogens is 510 g/mol. The Labute approximate surface area is 233 Å². The van der Waals surface area contributed by atoms with E-state index in [2.05, 4.69) is 15.3 Å². The molecule has 1 N–H and O–H groups in total. The third-order valence-corrected chi connectivity index (χ3v) is 7.01. The molecule has 1 saturated carbocycles. The van der Waals surface area contributed by atoms with E-state index in [-0.39, 0.29) is 18.0 Å². The summed E-state index contributed by atoms with van der Waals surface area (Å²) in [5, 5.41) is 9.33. The molecule has 208 valence electrons. The van der Waals surface area contributed by atoms with Crippen LogP contribution >= 0.6 is 0 Å². The minimum absolute atomic E-state index is 0.0912. The molecule has 40 heavy (non-hydrogen) atoms. The van der Waals surface area contributed by atoms with Crippen molar-refractivity contribution < 1.29 is 23.8 Å². The second-order valence-electron chi connectivity index (χ2n) is 9.76. The molecule has 10 heteroatoms. The van der Waals surface area contributed by atoms with Gasteiger partial charge in [0.1, 0.15) is 6.10 Å². The lowest BCUT2D eigenvalue weighted by Crippen LogP contribution is -2.45. The zero-order chi connectivity index (χ0) is 27.9. The Kier molecular flexibility index (Phi) is 8.65. The van der Waals surface area contributed by atoms with E-state index in [4.69, 9.17) is 19.3 Å². The van der Waals surface area contributed by atoms with Crippen LogP contribution < -0.4 is 14.8 Å². The molecule has 1 fully saturated rings. The topological polar surface area (TPSA) is 115 Å². The summed E-state index contributed by atoms with van der Waals surface area (Å²) in [6.07, 6.45) is 7.86. The number of amides is 1. The highest BCUT2D eigenvalue weighted by molar-refractivity contribution is 6.04. The van der Waals surface area contributed by atoms with Crippen LogP contribution in [0.2, 0.25) is 0 Å². The van der Waals surface area contributed by atoms with Crippen LogP contribution in [-0.4, -0.2) is 58.4 Å². The van der Waals surface area contributed by atoms with Gasteiger partial charge in [0.25, 0.3) is 5.91 Å². The number of benzene rings is 2. The van der Waals surface area contributed by atoms with Crippen LogP contribution in [0.4, 0.5) is 5.69 Å². The van der Waals surface area contributed by atoms with E-state index in [0.717, 1.165) is 36.0 Å². The van der Waals surface area contributed by atoms with Crippen molar-refractivity contribution in [1.29, 1.82) is 0 Å². The maximum absolute atomic E-state index is 12.4. The largest absolute Gasteiger partial charge is 0.493 e. The fraction of sp³-hybridized carbons (Fsp3) is 0.367. The van der Waals surface area contributed by atoms with Gasteiger partial charge in [-0.15, -0.1) is 0 Å². The molecule has 2 aliphatic rings. The predicted molar refractivity (Wildman–Crippen MR) is 149 cm³/mol. The van der Waals surface area contributed by atoms with Crippen molar-refractivity contribution in [2.45, 2.75) is 64.0 Å². The van der Waals surface area contributed by atoms with E-state index in [9.17, 15) is 9.59 Å². The smallest absolute Gasteiger partial charge is 0.293 e. The molecule has 1 aliphatic carbocycles. The van der Waals surface area contributed by atoms with Gasteiger partial charge in [-0.1, -0.05) is 19.1 Å². The molecule has 0 radical (unpaired) electrons. The molecule has 2 aromatic carbocycles. The first-order chi connectivity index (χ1) is 19.6. The van der Waals surface area contributed by atoms with Crippen LogP contribution in [0.1, 0.15) is 60.8 Å². The van der Waals surface area contributed by atoms with Gasteiger partial charge in [0.05, 0.1) is 25.5 Å².